The zero-order valence-electron chi connectivity index (χ0n) is 19.1. The van der Waals surface area contributed by atoms with Crippen molar-refractivity contribution in [2.75, 3.05) is 57.3 Å². The van der Waals surface area contributed by atoms with E-state index in [1.807, 2.05) is 12.1 Å². The molecule has 2 aromatic carbocycles. The number of hydrogen-bond acceptors (Lipinski definition) is 4. The summed E-state index contributed by atoms with van der Waals surface area (Å²) in [6, 6.07) is 13.0. The monoisotopic (exact) mass is 439 g/mol. The predicted octanol–water partition coefficient (Wildman–Crippen LogP) is 4.35. The van der Waals surface area contributed by atoms with Gasteiger partial charge >= 0.3 is 0 Å². The second kappa shape index (κ2) is 10.8. The maximum absolute atomic E-state index is 13.8. The third-order valence-corrected chi connectivity index (χ3v) is 6.52. The lowest BCUT2D eigenvalue weighted by Gasteiger charge is -2.36. The molecule has 2 aliphatic rings. The minimum Gasteiger partial charge on any atom is -0.494 e. The van der Waals surface area contributed by atoms with E-state index < -0.39 is 0 Å². The zero-order chi connectivity index (χ0) is 22.3. The molecule has 2 aliphatic heterocycles. The number of rotatable bonds is 7. The summed E-state index contributed by atoms with van der Waals surface area (Å²) in [4.78, 5) is 19.3. The molecule has 2 heterocycles. The Bertz CT molecular complexity index is 888. The molecule has 0 aliphatic carbocycles. The lowest BCUT2D eigenvalue weighted by atomic mass is 10.1. The summed E-state index contributed by atoms with van der Waals surface area (Å²) in [6.07, 6.45) is 5.09. The van der Waals surface area contributed by atoms with Gasteiger partial charge in [0.2, 0.25) is 0 Å². The maximum Gasteiger partial charge on any atom is 0.254 e. The first-order valence-corrected chi connectivity index (χ1v) is 11.9. The first-order chi connectivity index (χ1) is 15.6. The zero-order valence-corrected chi connectivity index (χ0v) is 19.1. The van der Waals surface area contributed by atoms with Crippen LogP contribution in [0.15, 0.2) is 42.5 Å². The summed E-state index contributed by atoms with van der Waals surface area (Å²) in [5, 5.41) is 0. The molecule has 2 aromatic rings. The van der Waals surface area contributed by atoms with E-state index in [0.29, 0.717) is 24.2 Å². The third kappa shape index (κ3) is 5.80. The maximum atomic E-state index is 13.8. The van der Waals surface area contributed by atoms with Crippen molar-refractivity contribution in [1.29, 1.82) is 0 Å². The molecule has 0 unspecified atom stereocenters. The molecule has 2 fully saturated rings. The van der Waals surface area contributed by atoms with Crippen LogP contribution < -0.4 is 9.64 Å². The van der Waals surface area contributed by atoms with Gasteiger partial charge in [0, 0.05) is 44.0 Å². The average Bonchev–Trinajstić information content (AvgIpc) is 2.84. The van der Waals surface area contributed by atoms with Gasteiger partial charge in [-0.05, 0) is 81.2 Å². The van der Waals surface area contributed by atoms with Crippen molar-refractivity contribution in [3.8, 4) is 5.75 Å². The summed E-state index contributed by atoms with van der Waals surface area (Å²) in [5.41, 5.74) is 2.11. The van der Waals surface area contributed by atoms with Crippen molar-refractivity contribution in [1.82, 2.24) is 9.80 Å². The number of hydrogen-bond donors (Lipinski definition) is 0. The van der Waals surface area contributed by atoms with Crippen molar-refractivity contribution < 1.29 is 13.9 Å². The second-order valence-electron chi connectivity index (χ2n) is 8.84. The largest absolute Gasteiger partial charge is 0.494 e. The summed E-state index contributed by atoms with van der Waals surface area (Å²) in [5.74, 6) is 0.475. The summed E-state index contributed by atoms with van der Waals surface area (Å²) in [7, 11) is 0. The SMILES string of the molecule is Cc1ccc(C(=O)N2CCN(c3ccc(OCCCN4CCCCC4)cc3)CC2)cc1F. The Labute approximate surface area is 190 Å². The fraction of sp³-hybridized carbons (Fsp3) is 0.500. The van der Waals surface area contributed by atoms with Gasteiger partial charge in [-0.2, -0.15) is 0 Å². The molecule has 0 atom stereocenters. The van der Waals surface area contributed by atoms with Gasteiger partial charge < -0.3 is 19.4 Å². The highest BCUT2D eigenvalue weighted by Gasteiger charge is 2.23. The van der Waals surface area contributed by atoms with Crippen molar-refractivity contribution in [3.05, 3.63) is 59.4 Å². The number of likely N-dealkylation sites (tertiary alicyclic amines) is 1. The van der Waals surface area contributed by atoms with E-state index >= 15 is 0 Å². The fourth-order valence-corrected chi connectivity index (χ4v) is 4.49. The topological polar surface area (TPSA) is 36.0 Å². The molecule has 0 spiro atoms. The van der Waals surface area contributed by atoms with Crippen LogP contribution in [0.25, 0.3) is 0 Å². The van der Waals surface area contributed by atoms with Crippen LogP contribution in [0.1, 0.15) is 41.6 Å². The van der Waals surface area contributed by atoms with Gasteiger partial charge in [-0.25, -0.2) is 4.39 Å². The van der Waals surface area contributed by atoms with Gasteiger partial charge in [0.05, 0.1) is 6.61 Å². The molecule has 0 saturated carbocycles. The molecule has 0 radical (unpaired) electrons. The molecule has 172 valence electrons. The Hall–Kier alpha value is -2.60. The Kier molecular flexibility index (Phi) is 7.63. The molecule has 5 nitrogen and oxygen atoms in total. The van der Waals surface area contributed by atoms with Crippen molar-refractivity contribution >= 4 is 11.6 Å². The first-order valence-electron chi connectivity index (χ1n) is 11.9. The lowest BCUT2D eigenvalue weighted by molar-refractivity contribution is 0.0746. The van der Waals surface area contributed by atoms with Crippen LogP contribution >= 0.6 is 0 Å². The molecule has 0 bridgehead atoms. The van der Waals surface area contributed by atoms with E-state index in [9.17, 15) is 9.18 Å². The first kappa shape index (κ1) is 22.6. The van der Waals surface area contributed by atoms with Crippen LogP contribution in [-0.2, 0) is 0 Å². The highest BCUT2D eigenvalue weighted by Crippen LogP contribution is 2.22. The van der Waals surface area contributed by atoms with Crippen LogP contribution in [0.5, 0.6) is 5.75 Å². The number of ether oxygens (including phenoxy) is 1. The van der Waals surface area contributed by atoms with Gasteiger partial charge in [-0.3, -0.25) is 4.79 Å². The average molecular weight is 440 g/mol. The number of piperidine rings is 1. The van der Waals surface area contributed by atoms with Crippen LogP contribution in [0.4, 0.5) is 10.1 Å². The van der Waals surface area contributed by atoms with Gasteiger partial charge in [0.25, 0.3) is 5.91 Å². The molecule has 4 rings (SSSR count). The van der Waals surface area contributed by atoms with Gasteiger partial charge in [-0.1, -0.05) is 12.5 Å². The second-order valence-corrected chi connectivity index (χ2v) is 8.84. The number of nitrogens with zero attached hydrogens (tertiary/aromatic N) is 3. The van der Waals surface area contributed by atoms with Crippen molar-refractivity contribution in [2.24, 2.45) is 0 Å². The Balaban J connectivity index is 1.21. The standard InChI is InChI=1S/C26H34FN3O2/c1-21-6-7-22(20-25(21)27)26(31)30-17-15-29(16-18-30)23-8-10-24(11-9-23)32-19-5-14-28-12-3-2-4-13-28/h6-11,20H,2-5,12-19H2,1H3. The minimum absolute atomic E-state index is 0.100. The minimum atomic E-state index is -0.330. The lowest BCUT2D eigenvalue weighted by Crippen LogP contribution is -2.48. The van der Waals surface area contributed by atoms with Crippen LogP contribution in [0.2, 0.25) is 0 Å². The van der Waals surface area contributed by atoms with Crippen LogP contribution in [0.3, 0.4) is 0 Å². The molecule has 0 aromatic heterocycles. The van der Waals surface area contributed by atoms with Gasteiger partial charge in [0.1, 0.15) is 11.6 Å². The fourth-order valence-electron chi connectivity index (χ4n) is 4.49. The molecule has 1 amide bonds. The normalized spacial score (nSPS) is 17.4. The summed E-state index contributed by atoms with van der Waals surface area (Å²) < 4.78 is 19.7. The number of benzene rings is 2. The van der Waals surface area contributed by atoms with E-state index in [-0.39, 0.29) is 11.7 Å². The number of piperazine rings is 1. The number of aryl methyl sites for hydroxylation is 1. The van der Waals surface area contributed by atoms with Crippen molar-refractivity contribution in [3.63, 3.8) is 0 Å². The number of anilines is 1. The van der Waals surface area contributed by atoms with Crippen LogP contribution in [0, 0.1) is 12.7 Å². The van der Waals surface area contributed by atoms with Gasteiger partial charge in [-0.15, -0.1) is 0 Å². The smallest absolute Gasteiger partial charge is 0.254 e. The number of carbonyl (C=O) groups is 1. The van der Waals surface area contributed by atoms with E-state index in [4.69, 9.17) is 4.74 Å². The van der Waals surface area contributed by atoms with E-state index in [2.05, 4.69) is 21.9 Å². The number of amides is 1. The molecule has 6 heteroatoms. The van der Waals surface area contributed by atoms with Crippen LogP contribution in [-0.4, -0.2) is 68.1 Å². The predicted molar refractivity (Wildman–Crippen MR) is 126 cm³/mol. The van der Waals surface area contributed by atoms with Crippen molar-refractivity contribution in [2.45, 2.75) is 32.6 Å². The molecular weight excluding hydrogens is 405 g/mol. The van der Waals surface area contributed by atoms with E-state index in [1.165, 1.54) is 38.4 Å². The Morgan fingerprint density at radius 3 is 2.34 bits per heavy atom. The van der Waals surface area contributed by atoms with E-state index in [1.54, 1.807) is 24.0 Å². The molecular formula is C26H34FN3O2. The Morgan fingerprint density at radius 2 is 1.66 bits per heavy atom. The Morgan fingerprint density at radius 1 is 0.938 bits per heavy atom. The number of carbonyl (C=O) groups excluding carboxylic acids is 1. The molecule has 2 saturated heterocycles. The summed E-state index contributed by atoms with van der Waals surface area (Å²) in [6.45, 7) is 8.81. The molecule has 32 heavy (non-hydrogen) atoms. The van der Waals surface area contributed by atoms with Gasteiger partial charge in [0.15, 0.2) is 0 Å². The summed E-state index contributed by atoms with van der Waals surface area (Å²) >= 11 is 0. The highest BCUT2D eigenvalue weighted by molar-refractivity contribution is 5.94. The quantitative estimate of drug-likeness (QED) is 0.601. The van der Waals surface area contributed by atoms with E-state index in [0.717, 1.165) is 44.1 Å². The third-order valence-electron chi connectivity index (χ3n) is 6.52. The molecule has 0 N–H and O–H groups in total. The number of halogens is 1. The highest BCUT2D eigenvalue weighted by atomic mass is 19.1.